The third-order valence-electron chi connectivity index (χ3n) is 2.91. The molecule has 2 rings (SSSR count). The van der Waals surface area contributed by atoms with Crippen LogP contribution in [-0.2, 0) is 0 Å². The highest BCUT2D eigenvalue weighted by atomic mass is 16.5. The predicted octanol–water partition coefficient (Wildman–Crippen LogP) is 2.94. The number of anilines is 1. The molecule has 0 atom stereocenters. The van der Waals surface area contributed by atoms with Crippen LogP contribution in [0.1, 0.15) is 37.7 Å². The fraction of sp³-hybridized carbons (Fsp3) is 0.500. The lowest BCUT2D eigenvalue weighted by molar-refractivity contribution is 0.325. The molecule has 2 N–H and O–H groups in total. The molecule has 0 heterocycles. The first-order valence-corrected chi connectivity index (χ1v) is 5.34. The highest BCUT2D eigenvalue weighted by molar-refractivity contribution is 5.58. The van der Waals surface area contributed by atoms with E-state index < -0.39 is 0 Å². The third-order valence-corrected chi connectivity index (χ3v) is 2.91. The summed E-state index contributed by atoms with van der Waals surface area (Å²) in [4.78, 5) is 0. The first kappa shape index (κ1) is 9.38. The molecule has 14 heavy (non-hydrogen) atoms. The molecule has 0 aliphatic heterocycles. The van der Waals surface area contributed by atoms with Crippen LogP contribution in [0.2, 0.25) is 0 Å². The van der Waals surface area contributed by atoms with Gasteiger partial charge in [0, 0.05) is 0 Å². The van der Waals surface area contributed by atoms with Gasteiger partial charge in [0.15, 0.2) is 0 Å². The summed E-state index contributed by atoms with van der Waals surface area (Å²) in [6, 6.07) is 6.07. The Morgan fingerprint density at radius 3 is 2.79 bits per heavy atom. The molecule has 1 aromatic rings. The zero-order valence-corrected chi connectivity index (χ0v) is 8.62. The van der Waals surface area contributed by atoms with Crippen LogP contribution in [0.5, 0.6) is 5.75 Å². The highest BCUT2D eigenvalue weighted by Gasteiger charge is 2.23. The number of rotatable bonds is 3. The Morgan fingerprint density at radius 1 is 1.43 bits per heavy atom. The fourth-order valence-electron chi connectivity index (χ4n) is 1.93. The maximum Gasteiger partial charge on any atom is 0.145 e. The summed E-state index contributed by atoms with van der Waals surface area (Å²) in [7, 11) is 0. The van der Waals surface area contributed by atoms with Crippen molar-refractivity contribution in [3.05, 3.63) is 23.8 Å². The van der Waals surface area contributed by atoms with Gasteiger partial charge in [0.05, 0.1) is 12.3 Å². The number of hydrogen-bond donors (Lipinski definition) is 1. The van der Waals surface area contributed by atoms with Gasteiger partial charge in [-0.3, -0.25) is 0 Å². The van der Waals surface area contributed by atoms with Crippen LogP contribution >= 0.6 is 0 Å². The molecule has 0 saturated heterocycles. The number of para-hydroxylation sites is 1. The van der Waals surface area contributed by atoms with Crippen LogP contribution in [0, 0.1) is 0 Å². The first-order chi connectivity index (χ1) is 6.83. The molecule has 1 aliphatic rings. The average molecular weight is 191 g/mol. The van der Waals surface area contributed by atoms with Crippen LogP contribution < -0.4 is 10.5 Å². The Hall–Kier alpha value is -1.18. The molecule has 76 valence electrons. The Bertz CT molecular complexity index is 318. The number of benzene rings is 1. The van der Waals surface area contributed by atoms with Gasteiger partial charge in [-0.2, -0.15) is 0 Å². The molecular formula is C12H17NO. The van der Waals surface area contributed by atoms with Gasteiger partial charge in [-0.05, 0) is 37.3 Å². The fourth-order valence-corrected chi connectivity index (χ4v) is 1.93. The summed E-state index contributed by atoms with van der Waals surface area (Å²) in [5.74, 6) is 1.60. The monoisotopic (exact) mass is 191 g/mol. The van der Waals surface area contributed by atoms with Crippen molar-refractivity contribution in [1.82, 2.24) is 0 Å². The molecule has 1 saturated carbocycles. The van der Waals surface area contributed by atoms with Crippen molar-refractivity contribution >= 4 is 5.69 Å². The van der Waals surface area contributed by atoms with Gasteiger partial charge in [-0.25, -0.2) is 0 Å². The summed E-state index contributed by atoms with van der Waals surface area (Å²) in [5, 5.41) is 0. The molecule has 1 aliphatic carbocycles. The molecule has 0 aromatic heterocycles. The second-order valence-corrected chi connectivity index (χ2v) is 3.83. The van der Waals surface area contributed by atoms with Crippen molar-refractivity contribution in [3.8, 4) is 5.75 Å². The van der Waals surface area contributed by atoms with E-state index in [2.05, 4.69) is 6.07 Å². The summed E-state index contributed by atoms with van der Waals surface area (Å²) >= 11 is 0. The van der Waals surface area contributed by atoms with E-state index in [9.17, 15) is 0 Å². The van der Waals surface area contributed by atoms with Gasteiger partial charge in [-0.15, -0.1) is 0 Å². The number of nitrogens with two attached hydrogens (primary N) is 1. The summed E-state index contributed by atoms with van der Waals surface area (Å²) < 4.78 is 5.60. The van der Waals surface area contributed by atoms with Crippen LogP contribution in [0.3, 0.4) is 0 Å². The standard InChI is InChI=1S/C12H17NO/c1-2-14-12-10(9-5-3-6-9)7-4-8-11(12)13/h4,7-9H,2-3,5-6,13H2,1H3. The first-order valence-electron chi connectivity index (χ1n) is 5.34. The van der Waals surface area contributed by atoms with Crippen LogP contribution in [0.4, 0.5) is 5.69 Å². The quantitative estimate of drug-likeness (QED) is 0.745. The van der Waals surface area contributed by atoms with Crippen LogP contribution in [-0.4, -0.2) is 6.61 Å². The molecule has 2 nitrogen and oxygen atoms in total. The molecule has 1 aromatic carbocycles. The van der Waals surface area contributed by atoms with E-state index >= 15 is 0 Å². The van der Waals surface area contributed by atoms with Crippen LogP contribution in [0.25, 0.3) is 0 Å². The molecular weight excluding hydrogens is 174 g/mol. The topological polar surface area (TPSA) is 35.2 Å². The minimum Gasteiger partial charge on any atom is -0.491 e. The lowest BCUT2D eigenvalue weighted by Crippen LogP contribution is -2.11. The van der Waals surface area contributed by atoms with Crippen LogP contribution in [0.15, 0.2) is 18.2 Å². The average Bonchev–Trinajstić information content (AvgIpc) is 2.08. The van der Waals surface area contributed by atoms with Crippen molar-refractivity contribution in [3.63, 3.8) is 0 Å². The Labute approximate surface area is 85.1 Å². The molecule has 2 heteroatoms. The Kier molecular flexibility index (Phi) is 2.62. The summed E-state index contributed by atoms with van der Waals surface area (Å²) in [5.41, 5.74) is 7.98. The van der Waals surface area contributed by atoms with Crippen molar-refractivity contribution in [2.75, 3.05) is 12.3 Å². The predicted molar refractivity (Wildman–Crippen MR) is 58.6 cm³/mol. The number of ether oxygens (including phenoxy) is 1. The van der Waals surface area contributed by atoms with E-state index in [4.69, 9.17) is 10.5 Å². The maximum absolute atomic E-state index is 5.90. The lowest BCUT2D eigenvalue weighted by Gasteiger charge is -2.28. The lowest BCUT2D eigenvalue weighted by atomic mass is 9.79. The Morgan fingerprint density at radius 2 is 2.21 bits per heavy atom. The number of nitrogen functional groups attached to an aromatic ring is 1. The SMILES string of the molecule is CCOc1c(N)cccc1C1CCC1. The molecule has 1 fully saturated rings. The van der Waals surface area contributed by atoms with Gasteiger partial charge >= 0.3 is 0 Å². The van der Waals surface area contributed by atoms with E-state index in [1.165, 1.54) is 24.8 Å². The molecule has 0 spiro atoms. The van der Waals surface area contributed by atoms with Gasteiger partial charge in [0.1, 0.15) is 5.75 Å². The van der Waals surface area contributed by atoms with Gasteiger partial charge in [0.25, 0.3) is 0 Å². The second kappa shape index (κ2) is 3.91. The third kappa shape index (κ3) is 1.57. The normalized spacial score (nSPS) is 16.4. The van der Waals surface area contributed by atoms with Crippen molar-refractivity contribution < 1.29 is 4.74 Å². The summed E-state index contributed by atoms with van der Waals surface area (Å²) in [6.07, 6.45) is 3.90. The van der Waals surface area contributed by atoms with Crippen molar-refractivity contribution in [2.24, 2.45) is 0 Å². The van der Waals surface area contributed by atoms with Crippen molar-refractivity contribution in [2.45, 2.75) is 32.1 Å². The maximum atomic E-state index is 5.90. The van der Waals surface area contributed by atoms with Gasteiger partial charge < -0.3 is 10.5 Å². The second-order valence-electron chi connectivity index (χ2n) is 3.83. The van der Waals surface area contributed by atoms with Gasteiger partial charge in [0.2, 0.25) is 0 Å². The molecule has 0 amide bonds. The Balaban J connectivity index is 2.31. The zero-order valence-electron chi connectivity index (χ0n) is 8.62. The number of hydrogen-bond acceptors (Lipinski definition) is 2. The molecule has 0 bridgehead atoms. The molecule has 0 unspecified atom stereocenters. The van der Waals surface area contributed by atoms with Crippen molar-refractivity contribution in [1.29, 1.82) is 0 Å². The van der Waals surface area contributed by atoms with Gasteiger partial charge in [-0.1, -0.05) is 18.6 Å². The van der Waals surface area contributed by atoms with E-state index in [0.717, 1.165) is 11.4 Å². The van der Waals surface area contributed by atoms with E-state index in [0.29, 0.717) is 12.5 Å². The zero-order chi connectivity index (χ0) is 9.97. The highest BCUT2D eigenvalue weighted by Crippen LogP contribution is 2.42. The summed E-state index contributed by atoms with van der Waals surface area (Å²) in [6.45, 7) is 2.69. The van der Waals surface area contributed by atoms with E-state index in [-0.39, 0.29) is 0 Å². The van der Waals surface area contributed by atoms with E-state index in [1.54, 1.807) is 0 Å². The minimum atomic E-state index is 0.681. The van der Waals surface area contributed by atoms with E-state index in [1.807, 2.05) is 19.1 Å². The minimum absolute atomic E-state index is 0.681. The largest absolute Gasteiger partial charge is 0.491 e. The smallest absolute Gasteiger partial charge is 0.145 e. The molecule has 0 radical (unpaired) electrons.